The first kappa shape index (κ1) is 17.9. The van der Waals surface area contributed by atoms with Gasteiger partial charge in [0.1, 0.15) is 11.8 Å². The molecule has 0 radical (unpaired) electrons. The van der Waals surface area contributed by atoms with Gasteiger partial charge in [-0.15, -0.1) is 0 Å². The van der Waals surface area contributed by atoms with Crippen LogP contribution in [0.5, 0.6) is 0 Å². The molecule has 0 atom stereocenters. The van der Waals surface area contributed by atoms with Crippen LogP contribution in [-0.2, 0) is 4.79 Å². The smallest absolute Gasteiger partial charge is 0.246 e. The lowest BCUT2D eigenvalue weighted by Gasteiger charge is -2.44. The normalized spacial score (nSPS) is 17.6. The fourth-order valence-electron chi connectivity index (χ4n) is 3.43. The number of piperazine rings is 1. The molecule has 1 aromatic carbocycles. The van der Waals surface area contributed by atoms with E-state index in [1.807, 2.05) is 56.1 Å². The van der Waals surface area contributed by atoms with Crippen LogP contribution < -0.4 is 10.6 Å². The van der Waals surface area contributed by atoms with E-state index in [-0.39, 0.29) is 5.91 Å². The number of aromatic nitrogens is 3. The quantitative estimate of drug-likeness (QED) is 0.678. The number of halogens is 1. The topological polar surface area (TPSA) is 79.8 Å². The van der Waals surface area contributed by atoms with Crippen molar-refractivity contribution < 1.29 is 4.79 Å². The molecule has 1 amide bonds. The van der Waals surface area contributed by atoms with Crippen LogP contribution in [0.3, 0.4) is 0 Å². The Balaban J connectivity index is 1.79. The standard InChI is InChI=1S/C19H21BrN6O/c1-19(2)18(27)25(8-7-24(19)3)13-6-4-5-12(9-13)15-10-14(20)16-17(21)22-11-23-26(15)16/h4-6,9-11H,7-8H2,1-3H3,(H2,21,22,23). The molecule has 1 saturated heterocycles. The summed E-state index contributed by atoms with van der Waals surface area (Å²) < 4.78 is 2.60. The van der Waals surface area contributed by atoms with Crippen molar-refractivity contribution in [2.45, 2.75) is 19.4 Å². The van der Waals surface area contributed by atoms with Crippen LogP contribution in [0.4, 0.5) is 11.5 Å². The fourth-order valence-corrected chi connectivity index (χ4v) is 4.02. The highest BCUT2D eigenvalue weighted by atomic mass is 79.9. The van der Waals surface area contributed by atoms with Crippen molar-refractivity contribution in [1.82, 2.24) is 19.5 Å². The zero-order valence-electron chi connectivity index (χ0n) is 15.5. The van der Waals surface area contributed by atoms with Crippen molar-refractivity contribution in [1.29, 1.82) is 0 Å². The summed E-state index contributed by atoms with van der Waals surface area (Å²) >= 11 is 3.54. The van der Waals surface area contributed by atoms with Crippen LogP contribution >= 0.6 is 15.9 Å². The number of hydrogen-bond acceptors (Lipinski definition) is 5. The molecular weight excluding hydrogens is 408 g/mol. The Kier molecular flexibility index (Phi) is 4.20. The number of nitrogens with two attached hydrogens (primary N) is 1. The Morgan fingerprint density at radius 1 is 1.22 bits per heavy atom. The lowest BCUT2D eigenvalue weighted by atomic mass is 9.97. The Bertz CT molecular complexity index is 1040. The van der Waals surface area contributed by atoms with Gasteiger partial charge in [0.15, 0.2) is 5.82 Å². The molecule has 1 aliphatic heterocycles. The number of carbonyl (C=O) groups excluding carboxylic acids is 1. The van der Waals surface area contributed by atoms with Gasteiger partial charge in [-0.1, -0.05) is 12.1 Å². The fraction of sp³-hybridized carbons (Fsp3) is 0.316. The van der Waals surface area contributed by atoms with E-state index >= 15 is 0 Å². The lowest BCUT2D eigenvalue weighted by Crippen LogP contribution is -2.61. The average Bonchev–Trinajstić information content (AvgIpc) is 2.99. The number of likely N-dealkylation sites (N-methyl/N-ethyl adjacent to an activating group) is 1. The summed E-state index contributed by atoms with van der Waals surface area (Å²) in [7, 11) is 1.99. The van der Waals surface area contributed by atoms with Gasteiger partial charge in [-0.2, -0.15) is 5.10 Å². The predicted molar refractivity (Wildman–Crippen MR) is 110 cm³/mol. The first-order valence-electron chi connectivity index (χ1n) is 8.72. The molecule has 3 heterocycles. The van der Waals surface area contributed by atoms with Gasteiger partial charge in [-0.05, 0) is 55.0 Å². The van der Waals surface area contributed by atoms with Crippen LogP contribution in [0.15, 0.2) is 41.1 Å². The molecule has 1 aliphatic rings. The molecule has 140 valence electrons. The molecule has 0 spiro atoms. The SMILES string of the molecule is CN1CCN(c2cccc(-c3cc(Br)c4c(N)ncnn34)c2)C(=O)C1(C)C. The summed E-state index contributed by atoms with van der Waals surface area (Å²) in [5.74, 6) is 0.511. The van der Waals surface area contributed by atoms with Crippen molar-refractivity contribution >= 4 is 38.9 Å². The molecule has 0 bridgehead atoms. The molecule has 0 saturated carbocycles. The number of carbonyl (C=O) groups is 1. The van der Waals surface area contributed by atoms with E-state index in [4.69, 9.17) is 5.73 Å². The van der Waals surface area contributed by atoms with E-state index in [0.29, 0.717) is 12.4 Å². The molecule has 2 aromatic heterocycles. The summed E-state index contributed by atoms with van der Waals surface area (Å²) in [4.78, 5) is 21.0. The van der Waals surface area contributed by atoms with Gasteiger partial charge in [-0.3, -0.25) is 9.69 Å². The van der Waals surface area contributed by atoms with Crippen LogP contribution in [-0.4, -0.2) is 51.1 Å². The molecule has 0 aliphatic carbocycles. The number of hydrogen-bond donors (Lipinski definition) is 1. The highest BCUT2D eigenvalue weighted by Gasteiger charge is 2.40. The minimum Gasteiger partial charge on any atom is -0.382 e. The first-order valence-corrected chi connectivity index (χ1v) is 9.51. The second-order valence-electron chi connectivity index (χ2n) is 7.27. The molecule has 0 unspecified atom stereocenters. The monoisotopic (exact) mass is 428 g/mol. The highest BCUT2D eigenvalue weighted by Crippen LogP contribution is 2.34. The molecule has 2 N–H and O–H groups in total. The van der Waals surface area contributed by atoms with E-state index in [1.54, 1.807) is 4.52 Å². The number of anilines is 2. The van der Waals surface area contributed by atoms with Crippen LogP contribution in [0, 0.1) is 0 Å². The summed E-state index contributed by atoms with van der Waals surface area (Å²) in [6.07, 6.45) is 1.44. The Morgan fingerprint density at radius 2 is 2.00 bits per heavy atom. The third-order valence-electron chi connectivity index (χ3n) is 5.37. The van der Waals surface area contributed by atoms with Crippen LogP contribution in [0.25, 0.3) is 16.8 Å². The molecule has 27 heavy (non-hydrogen) atoms. The first-order chi connectivity index (χ1) is 12.8. The Hall–Kier alpha value is -2.45. The number of fused-ring (bicyclic) bond motifs is 1. The largest absolute Gasteiger partial charge is 0.382 e. The Morgan fingerprint density at radius 3 is 2.78 bits per heavy atom. The number of benzene rings is 1. The van der Waals surface area contributed by atoms with E-state index in [9.17, 15) is 4.79 Å². The predicted octanol–water partition coefficient (Wildman–Crippen LogP) is 2.80. The van der Waals surface area contributed by atoms with E-state index < -0.39 is 5.54 Å². The maximum absolute atomic E-state index is 13.0. The molecule has 8 heteroatoms. The zero-order chi connectivity index (χ0) is 19.3. The summed E-state index contributed by atoms with van der Waals surface area (Å²) in [5.41, 5.74) is 8.92. The molecule has 1 fully saturated rings. The van der Waals surface area contributed by atoms with Crippen molar-refractivity contribution in [2.75, 3.05) is 30.8 Å². The van der Waals surface area contributed by atoms with Crippen molar-refractivity contribution in [3.8, 4) is 11.3 Å². The van der Waals surface area contributed by atoms with Gasteiger partial charge in [-0.25, -0.2) is 9.50 Å². The third kappa shape index (κ3) is 2.80. The molecule has 3 aromatic rings. The van der Waals surface area contributed by atoms with E-state index in [1.165, 1.54) is 6.33 Å². The van der Waals surface area contributed by atoms with Crippen LogP contribution in [0.2, 0.25) is 0 Å². The maximum Gasteiger partial charge on any atom is 0.246 e. The summed E-state index contributed by atoms with van der Waals surface area (Å²) in [6.45, 7) is 5.41. The summed E-state index contributed by atoms with van der Waals surface area (Å²) in [5, 5.41) is 4.34. The minimum absolute atomic E-state index is 0.0983. The van der Waals surface area contributed by atoms with E-state index in [2.05, 4.69) is 30.9 Å². The average molecular weight is 429 g/mol. The van der Waals surface area contributed by atoms with Crippen molar-refractivity contribution in [3.63, 3.8) is 0 Å². The van der Waals surface area contributed by atoms with Gasteiger partial charge in [0.25, 0.3) is 0 Å². The van der Waals surface area contributed by atoms with Gasteiger partial charge >= 0.3 is 0 Å². The zero-order valence-corrected chi connectivity index (χ0v) is 17.1. The van der Waals surface area contributed by atoms with Crippen molar-refractivity contribution in [2.24, 2.45) is 0 Å². The molecular formula is C19H21BrN6O. The van der Waals surface area contributed by atoms with Gasteiger partial charge in [0.2, 0.25) is 5.91 Å². The minimum atomic E-state index is -0.527. The number of nitrogen functional groups attached to an aromatic ring is 1. The number of amides is 1. The number of nitrogens with zero attached hydrogens (tertiary/aromatic N) is 5. The Labute approximate surface area is 165 Å². The summed E-state index contributed by atoms with van der Waals surface area (Å²) in [6, 6.07) is 9.92. The van der Waals surface area contributed by atoms with Gasteiger partial charge < -0.3 is 10.6 Å². The third-order valence-corrected chi connectivity index (χ3v) is 5.98. The van der Waals surface area contributed by atoms with Gasteiger partial charge in [0, 0.05) is 28.8 Å². The second kappa shape index (κ2) is 6.31. The van der Waals surface area contributed by atoms with Crippen LogP contribution in [0.1, 0.15) is 13.8 Å². The lowest BCUT2D eigenvalue weighted by molar-refractivity contribution is -0.130. The van der Waals surface area contributed by atoms with Crippen molar-refractivity contribution in [3.05, 3.63) is 41.1 Å². The molecule has 4 rings (SSSR count). The maximum atomic E-state index is 13.0. The van der Waals surface area contributed by atoms with Gasteiger partial charge in [0.05, 0.1) is 11.2 Å². The second-order valence-corrected chi connectivity index (χ2v) is 8.13. The highest BCUT2D eigenvalue weighted by molar-refractivity contribution is 9.10. The van der Waals surface area contributed by atoms with E-state index in [0.717, 1.165) is 33.5 Å². The molecule has 7 nitrogen and oxygen atoms in total. The number of rotatable bonds is 2.